The van der Waals surface area contributed by atoms with Crippen molar-refractivity contribution < 1.29 is 4.79 Å². The number of anilines is 1. The van der Waals surface area contributed by atoms with Crippen LogP contribution in [0.1, 0.15) is 18.3 Å². The largest absolute Gasteiger partial charge is 0.383 e. The van der Waals surface area contributed by atoms with Gasteiger partial charge in [0.1, 0.15) is 18.0 Å². The van der Waals surface area contributed by atoms with Gasteiger partial charge >= 0.3 is 0 Å². The number of nitrogens with zero attached hydrogens (tertiary/aromatic N) is 5. The summed E-state index contributed by atoms with van der Waals surface area (Å²) >= 11 is 6.06. The minimum absolute atomic E-state index is 0.104. The van der Waals surface area contributed by atoms with E-state index < -0.39 is 0 Å². The van der Waals surface area contributed by atoms with Crippen molar-refractivity contribution >= 4 is 45.3 Å². The number of benzene rings is 2. The van der Waals surface area contributed by atoms with Crippen molar-refractivity contribution in [3.63, 3.8) is 0 Å². The van der Waals surface area contributed by atoms with Crippen molar-refractivity contribution in [3.05, 3.63) is 59.1 Å². The normalized spacial score (nSPS) is 17.7. The van der Waals surface area contributed by atoms with Crippen molar-refractivity contribution in [2.24, 2.45) is 0 Å². The molecule has 2 aromatic heterocycles. The van der Waals surface area contributed by atoms with Crippen LogP contribution >= 0.6 is 11.6 Å². The maximum Gasteiger partial charge on any atom is 0.239 e. The van der Waals surface area contributed by atoms with Gasteiger partial charge in [0, 0.05) is 30.0 Å². The number of rotatable bonds is 4. The zero-order valence-corrected chi connectivity index (χ0v) is 17.8. The molecule has 1 amide bonds. The highest BCUT2D eigenvalue weighted by atomic mass is 35.5. The van der Waals surface area contributed by atoms with E-state index in [1.54, 1.807) is 0 Å². The van der Waals surface area contributed by atoms with Crippen LogP contribution in [0.25, 0.3) is 21.9 Å². The molecular formula is C22H22ClN7O. The Morgan fingerprint density at radius 2 is 2.00 bits per heavy atom. The molecule has 1 aliphatic rings. The van der Waals surface area contributed by atoms with Crippen LogP contribution in [-0.2, 0) is 17.9 Å². The summed E-state index contributed by atoms with van der Waals surface area (Å²) in [5.41, 5.74) is 9.49. The van der Waals surface area contributed by atoms with Gasteiger partial charge in [0.15, 0.2) is 0 Å². The fraction of sp³-hybridized carbons (Fsp3) is 0.273. The van der Waals surface area contributed by atoms with E-state index in [1.165, 1.54) is 6.33 Å². The van der Waals surface area contributed by atoms with Crippen molar-refractivity contribution in [2.45, 2.75) is 26.1 Å². The second kappa shape index (κ2) is 7.79. The van der Waals surface area contributed by atoms with Gasteiger partial charge in [-0.3, -0.25) is 9.69 Å². The van der Waals surface area contributed by atoms with Crippen LogP contribution in [0.5, 0.6) is 0 Å². The Hall–Kier alpha value is -3.23. The standard InChI is InChI=1S/C22H22ClN7O/c1-13-22(31)30(10-14-2-4-16-18(8-14)25-12-26-21(16)24)7-6-29(13)11-20-27-17-5-3-15(23)9-19(17)28-20/h2-5,8-9,12-13H,6-7,10-11H2,1H3,(H,27,28)(H2,24,25,26)/t13-/m0/s1. The third kappa shape index (κ3) is 3.80. The Balaban J connectivity index is 1.28. The van der Waals surface area contributed by atoms with Crippen LogP contribution in [-0.4, -0.2) is 54.8 Å². The summed E-state index contributed by atoms with van der Waals surface area (Å²) in [6.45, 7) is 4.49. The number of carbonyl (C=O) groups excluding carboxylic acids is 1. The smallest absolute Gasteiger partial charge is 0.239 e. The monoisotopic (exact) mass is 435 g/mol. The van der Waals surface area contributed by atoms with Crippen molar-refractivity contribution in [1.82, 2.24) is 29.7 Å². The summed E-state index contributed by atoms with van der Waals surface area (Å²) in [7, 11) is 0. The van der Waals surface area contributed by atoms with E-state index in [0.29, 0.717) is 30.5 Å². The number of nitrogens with one attached hydrogen (secondary N) is 1. The molecule has 8 nitrogen and oxygen atoms in total. The van der Waals surface area contributed by atoms with Gasteiger partial charge in [-0.1, -0.05) is 17.7 Å². The molecule has 1 saturated heterocycles. The maximum absolute atomic E-state index is 13.1. The highest BCUT2D eigenvalue weighted by Crippen LogP contribution is 2.22. The molecule has 0 bridgehead atoms. The van der Waals surface area contributed by atoms with Gasteiger partial charge < -0.3 is 15.6 Å². The molecule has 2 aromatic carbocycles. The second-order valence-corrected chi connectivity index (χ2v) is 8.30. The number of amides is 1. The summed E-state index contributed by atoms with van der Waals surface area (Å²) in [6.07, 6.45) is 1.46. The van der Waals surface area contributed by atoms with E-state index in [0.717, 1.165) is 39.9 Å². The Labute approximate surface area is 184 Å². The van der Waals surface area contributed by atoms with Crippen LogP contribution in [0, 0.1) is 0 Å². The minimum Gasteiger partial charge on any atom is -0.383 e. The van der Waals surface area contributed by atoms with Gasteiger partial charge in [0.25, 0.3) is 0 Å². The zero-order valence-electron chi connectivity index (χ0n) is 17.0. The zero-order chi connectivity index (χ0) is 21.5. The molecule has 1 fully saturated rings. The van der Waals surface area contributed by atoms with Crippen LogP contribution in [0.4, 0.5) is 5.82 Å². The fourth-order valence-corrected chi connectivity index (χ4v) is 4.25. The number of aromatic amines is 1. The highest BCUT2D eigenvalue weighted by molar-refractivity contribution is 6.31. The first-order valence-electron chi connectivity index (χ1n) is 10.1. The van der Waals surface area contributed by atoms with Crippen LogP contribution < -0.4 is 5.73 Å². The molecule has 0 aliphatic carbocycles. The number of fused-ring (bicyclic) bond motifs is 2. The molecule has 0 unspecified atom stereocenters. The molecule has 0 saturated carbocycles. The van der Waals surface area contributed by atoms with E-state index in [4.69, 9.17) is 17.3 Å². The lowest BCUT2D eigenvalue weighted by Gasteiger charge is -2.38. The quantitative estimate of drug-likeness (QED) is 0.510. The molecule has 9 heteroatoms. The molecule has 5 rings (SSSR count). The predicted octanol–water partition coefficient (Wildman–Crippen LogP) is 2.97. The topological polar surface area (TPSA) is 104 Å². The minimum atomic E-state index is -0.232. The van der Waals surface area contributed by atoms with Crippen molar-refractivity contribution in [3.8, 4) is 0 Å². The van der Waals surface area contributed by atoms with Gasteiger partial charge in [0.2, 0.25) is 5.91 Å². The first-order valence-corrected chi connectivity index (χ1v) is 10.5. The number of hydrogen-bond acceptors (Lipinski definition) is 6. The highest BCUT2D eigenvalue weighted by Gasteiger charge is 2.31. The van der Waals surface area contributed by atoms with Crippen LogP contribution in [0.2, 0.25) is 5.02 Å². The van der Waals surface area contributed by atoms with E-state index in [2.05, 4.69) is 24.8 Å². The SMILES string of the molecule is C[C@H]1C(=O)N(Cc2ccc3c(N)ncnc3c2)CCN1Cc1nc2cc(Cl)ccc2[nH]1. The molecular weight excluding hydrogens is 414 g/mol. The average molecular weight is 436 g/mol. The second-order valence-electron chi connectivity index (χ2n) is 7.86. The number of aromatic nitrogens is 4. The summed E-state index contributed by atoms with van der Waals surface area (Å²) in [5, 5.41) is 1.48. The van der Waals surface area contributed by atoms with Gasteiger partial charge in [-0.15, -0.1) is 0 Å². The summed E-state index contributed by atoms with van der Waals surface area (Å²) in [4.78, 5) is 33.3. The lowest BCUT2D eigenvalue weighted by Crippen LogP contribution is -2.55. The molecule has 1 aliphatic heterocycles. The van der Waals surface area contributed by atoms with Gasteiger partial charge in [-0.05, 0) is 42.8 Å². The number of hydrogen-bond donors (Lipinski definition) is 2. The lowest BCUT2D eigenvalue weighted by atomic mass is 10.1. The third-order valence-electron chi connectivity index (χ3n) is 5.83. The first-order chi connectivity index (χ1) is 15.0. The number of piperazine rings is 1. The number of H-pyrrole nitrogens is 1. The third-order valence-corrected chi connectivity index (χ3v) is 6.06. The summed E-state index contributed by atoms with van der Waals surface area (Å²) in [5.74, 6) is 1.40. The molecule has 4 aromatic rings. The van der Waals surface area contributed by atoms with Crippen molar-refractivity contribution in [2.75, 3.05) is 18.8 Å². The number of nitrogen functional groups attached to an aromatic ring is 1. The molecule has 0 spiro atoms. The van der Waals surface area contributed by atoms with Gasteiger partial charge in [-0.2, -0.15) is 0 Å². The Kier molecular flexibility index (Phi) is 4.95. The summed E-state index contributed by atoms with van der Waals surface area (Å²) < 4.78 is 0. The lowest BCUT2D eigenvalue weighted by molar-refractivity contribution is -0.142. The van der Waals surface area contributed by atoms with E-state index in [-0.39, 0.29) is 11.9 Å². The van der Waals surface area contributed by atoms with Crippen LogP contribution in [0.15, 0.2) is 42.7 Å². The van der Waals surface area contributed by atoms with E-state index in [9.17, 15) is 4.79 Å². The molecule has 3 heterocycles. The Morgan fingerprint density at radius 1 is 1.13 bits per heavy atom. The molecule has 3 N–H and O–H groups in total. The van der Waals surface area contributed by atoms with Gasteiger partial charge in [-0.25, -0.2) is 15.0 Å². The molecule has 31 heavy (non-hydrogen) atoms. The van der Waals surface area contributed by atoms with Crippen LogP contribution in [0.3, 0.4) is 0 Å². The number of imidazole rings is 1. The first kappa shape index (κ1) is 19.7. The van der Waals surface area contributed by atoms with Crippen molar-refractivity contribution in [1.29, 1.82) is 0 Å². The Morgan fingerprint density at radius 3 is 2.87 bits per heavy atom. The van der Waals surface area contributed by atoms with E-state index >= 15 is 0 Å². The number of carbonyl (C=O) groups is 1. The molecule has 1 atom stereocenters. The fourth-order valence-electron chi connectivity index (χ4n) is 4.09. The molecule has 158 valence electrons. The van der Waals surface area contributed by atoms with Gasteiger partial charge in [0.05, 0.1) is 29.1 Å². The number of nitrogens with two attached hydrogens (primary N) is 1. The Bertz CT molecular complexity index is 1290. The summed E-state index contributed by atoms with van der Waals surface area (Å²) in [6, 6.07) is 11.2. The molecule has 0 radical (unpaired) electrons. The van der Waals surface area contributed by atoms with E-state index in [1.807, 2.05) is 48.2 Å². The average Bonchev–Trinajstić information content (AvgIpc) is 3.15. The maximum atomic E-state index is 13.1. The predicted molar refractivity (Wildman–Crippen MR) is 120 cm³/mol. The number of halogens is 1.